The van der Waals surface area contributed by atoms with Crippen molar-refractivity contribution in [2.24, 2.45) is 0 Å². The van der Waals surface area contributed by atoms with Gasteiger partial charge in [0.15, 0.2) is 4.77 Å². The summed E-state index contributed by atoms with van der Waals surface area (Å²) in [6, 6.07) is 16.8. The van der Waals surface area contributed by atoms with Gasteiger partial charge in [-0.15, -0.1) is 0 Å². The average molecular weight is 268 g/mol. The number of aromatic nitrogens is 2. The summed E-state index contributed by atoms with van der Waals surface area (Å²) in [6.45, 7) is 3.04. The van der Waals surface area contributed by atoms with E-state index in [0.717, 1.165) is 23.3 Å². The van der Waals surface area contributed by atoms with Gasteiger partial charge >= 0.3 is 0 Å². The van der Waals surface area contributed by atoms with Gasteiger partial charge in [0.25, 0.3) is 0 Å². The number of aromatic amines is 1. The van der Waals surface area contributed by atoms with Gasteiger partial charge in [-0.1, -0.05) is 42.5 Å². The van der Waals surface area contributed by atoms with E-state index < -0.39 is 0 Å². The van der Waals surface area contributed by atoms with Gasteiger partial charge in [0.05, 0.1) is 11.0 Å². The van der Waals surface area contributed by atoms with Crippen molar-refractivity contribution >= 4 is 23.3 Å². The summed E-state index contributed by atoms with van der Waals surface area (Å²) in [5.74, 6) is 0. The second-order valence-electron chi connectivity index (χ2n) is 4.79. The highest BCUT2D eigenvalue weighted by Crippen LogP contribution is 2.18. The minimum atomic E-state index is 0.806. The van der Waals surface area contributed by atoms with Crippen molar-refractivity contribution in [1.82, 2.24) is 9.55 Å². The Labute approximate surface area is 117 Å². The molecule has 96 valence electrons. The van der Waals surface area contributed by atoms with Crippen LogP contribution in [-0.4, -0.2) is 9.55 Å². The Morgan fingerprint density at radius 1 is 1.05 bits per heavy atom. The highest BCUT2D eigenvalue weighted by Gasteiger charge is 2.06. The van der Waals surface area contributed by atoms with Crippen molar-refractivity contribution in [2.75, 3.05) is 0 Å². The lowest BCUT2D eigenvalue weighted by atomic mass is 10.1. The van der Waals surface area contributed by atoms with Crippen LogP contribution in [0.25, 0.3) is 11.0 Å². The molecule has 0 fully saturated rings. The molecule has 0 radical (unpaired) electrons. The fraction of sp³-hybridized carbons (Fsp3) is 0.188. The second-order valence-corrected chi connectivity index (χ2v) is 5.18. The van der Waals surface area contributed by atoms with Crippen molar-refractivity contribution < 1.29 is 0 Å². The van der Waals surface area contributed by atoms with Gasteiger partial charge in [0.2, 0.25) is 0 Å². The summed E-state index contributed by atoms with van der Waals surface area (Å²) >= 11 is 5.44. The molecule has 1 heterocycles. The summed E-state index contributed by atoms with van der Waals surface area (Å²) in [4.78, 5) is 3.28. The first-order valence-electron chi connectivity index (χ1n) is 6.48. The van der Waals surface area contributed by atoms with E-state index in [1.807, 2.05) is 6.07 Å². The first-order chi connectivity index (χ1) is 9.25. The fourth-order valence-electron chi connectivity index (χ4n) is 2.50. The molecule has 0 spiro atoms. The van der Waals surface area contributed by atoms with Crippen molar-refractivity contribution in [1.29, 1.82) is 0 Å². The van der Waals surface area contributed by atoms with E-state index in [4.69, 9.17) is 12.2 Å². The molecule has 0 atom stereocenters. The molecular weight excluding hydrogens is 252 g/mol. The maximum atomic E-state index is 5.44. The van der Waals surface area contributed by atoms with E-state index in [0.29, 0.717) is 0 Å². The molecule has 0 bridgehead atoms. The third-order valence-electron chi connectivity index (χ3n) is 3.46. The first kappa shape index (κ1) is 12.2. The minimum Gasteiger partial charge on any atom is -0.331 e. The highest BCUT2D eigenvalue weighted by atomic mass is 32.1. The number of fused-ring (bicyclic) bond motifs is 1. The molecule has 2 nitrogen and oxygen atoms in total. The van der Waals surface area contributed by atoms with Crippen LogP contribution >= 0.6 is 12.2 Å². The zero-order valence-electron chi connectivity index (χ0n) is 10.9. The minimum absolute atomic E-state index is 0.806. The Hall–Kier alpha value is -1.87. The maximum absolute atomic E-state index is 5.44. The Balaban J connectivity index is 1.97. The van der Waals surface area contributed by atoms with E-state index in [9.17, 15) is 0 Å². The second kappa shape index (κ2) is 5.02. The number of imidazole rings is 1. The number of hydrogen-bond donors (Lipinski definition) is 1. The fourth-order valence-corrected chi connectivity index (χ4v) is 2.79. The Morgan fingerprint density at radius 2 is 1.84 bits per heavy atom. The molecule has 3 heteroatoms. The number of rotatable bonds is 3. The van der Waals surface area contributed by atoms with Crippen LogP contribution in [0.5, 0.6) is 0 Å². The average Bonchev–Trinajstić information content (AvgIpc) is 2.75. The molecular formula is C16H16N2S. The van der Waals surface area contributed by atoms with E-state index in [1.165, 1.54) is 16.6 Å². The normalized spacial score (nSPS) is 11.0. The zero-order valence-corrected chi connectivity index (χ0v) is 11.7. The number of para-hydroxylation sites is 1. The zero-order chi connectivity index (χ0) is 13.2. The van der Waals surface area contributed by atoms with Gasteiger partial charge < -0.3 is 9.55 Å². The molecule has 3 rings (SSSR count). The molecule has 0 aliphatic carbocycles. The number of nitrogens with zero attached hydrogens (tertiary/aromatic N) is 1. The molecule has 19 heavy (non-hydrogen) atoms. The topological polar surface area (TPSA) is 20.7 Å². The molecule has 0 aliphatic rings. The molecule has 0 amide bonds. The molecule has 0 saturated carbocycles. The summed E-state index contributed by atoms with van der Waals surface area (Å²) in [6.07, 6.45) is 0.996. The summed E-state index contributed by atoms with van der Waals surface area (Å²) in [5.41, 5.74) is 4.95. The predicted octanol–water partition coefficient (Wildman–Crippen LogP) is 4.25. The van der Waals surface area contributed by atoms with Crippen LogP contribution in [0.15, 0.2) is 48.5 Å². The summed E-state index contributed by atoms with van der Waals surface area (Å²) in [5, 5.41) is 0. The first-order valence-corrected chi connectivity index (χ1v) is 6.88. The lowest BCUT2D eigenvalue weighted by molar-refractivity contribution is 0.705. The summed E-state index contributed by atoms with van der Waals surface area (Å²) < 4.78 is 3.01. The van der Waals surface area contributed by atoms with Gasteiger partial charge in [-0.3, -0.25) is 0 Å². The largest absolute Gasteiger partial charge is 0.331 e. The van der Waals surface area contributed by atoms with E-state index >= 15 is 0 Å². The molecule has 3 aromatic rings. The van der Waals surface area contributed by atoms with Gasteiger partial charge in [-0.2, -0.15) is 0 Å². The Kier molecular flexibility index (Phi) is 3.22. The quantitative estimate of drug-likeness (QED) is 0.704. The Morgan fingerprint density at radius 3 is 2.63 bits per heavy atom. The maximum Gasteiger partial charge on any atom is 0.178 e. The van der Waals surface area contributed by atoms with Crippen molar-refractivity contribution in [3.8, 4) is 0 Å². The number of aryl methyl sites for hydroxylation is 3. The van der Waals surface area contributed by atoms with Crippen molar-refractivity contribution in [2.45, 2.75) is 19.9 Å². The molecule has 0 saturated heterocycles. The van der Waals surface area contributed by atoms with Crippen LogP contribution < -0.4 is 0 Å². The van der Waals surface area contributed by atoms with Crippen LogP contribution in [0, 0.1) is 11.7 Å². The monoisotopic (exact) mass is 268 g/mol. The third-order valence-corrected chi connectivity index (χ3v) is 3.78. The smallest absolute Gasteiger partial charge is 0.178 e. The third kappa shape index (κ3) is 2.34. The lowest BCUT2D eigenvalue weighted by Crippen LogP contribution is -2.02. The van der Waals surface area contributed by atoms with E-state index in [2.05, 4.69) is 58.9 Å². The lowest BCUT2D eigenvalue weighted by Gasteiger charge is -2.06. The number of benzene rings is 2. The van der Waals surface area contributed by atoms with Crippen LogP contribution in [-0.2, 0) is 13.0 Å². The van der Waals surface area contributed by atoms with Crippen molar-refractivity contribution in [3.05, 3.63) is 64.4 Å². The van der Waals surface area contributed by atoms with Crippen LogP contribution in [0.1, 0.15) is 11.1 Å². The van der Waals surface area contributed by atoms with Gasteiger partial charge in [-0.25, -0.2) is 0 Å². The number of nitrogens with one attached hydrogen (secondary N) is 1. The molecule has 1 aromatic heterocycles. The van der Waals surface area contributed by atoms with E-state index in [1.54, 1.807) is 0 Å². The Bertz CT molecular complexity index is 753. The molecule has 0 aliphatic heterocycles. The summed E-state index contributed by atoms with van der Waals surface area (Å²) in [7, 11) is 0. The number of hydrogen-bond acceptors (Lipinski definition) is 1. The van der Waals surface area contributed by atoms with Crippen molar-refractivity contribution in [3.63, 3.8) is 0 Å². The van der Waals surface area contributed by atoms with Crippen LogP contribution in [0.3, 0.4) is 0 Å². The standard InChI is InChI=1S/C16H16N2S/c1-12-6-5-9-14-15(12)18(16(19)17-14)11-10-13-7-3-2-4-8-13/h2-9H,10-11H2,1H3,(H,17,19). The predicted molar refractivity (Wildman–Crippen MR) is 82.0 cm³/mol. The van der Waals surface area contributed by atoms with Gasteiger partial charge in [-0.05, 0) is 42.8 Å². The van der Waals surface area contributed by atoms with Crippen LogP contribution in [0.2, 0.25) is 0 Å². The van der Waals surface area contributed by atoms with Gasteiger partial charge in [0, 0.05) is 6.54 Å². The van der Waals surface area contributed by atoms with E-state index in [-0.39, 0.29) is 0 Å². The molecule has 0 unspecified atom stereocenters. The SMILES string of the molecule is Cc1cccc2[nH]c(=S)n(CCc3ccccc3)c12. The molecule has 1 N–H and O–H groups in total. The highest BCUT2D eigenvalue weighted by molar-refractivity contribution is 7.71. The van der Waals surface area contributed by atoms with Crippen LogP contribution in [0.4, 0.5) is 0 Å². The molecule has 2 aromatic carbocycles. The van der Waals surface area contributed by atoms with Gasteiger partial charge in [0.1, 0.15) is 0 Å². The number of H-pyrrole nitrogens is 1.